The van der Waals surface area contributed by atoms with Crippen molar-refractivity contribution in [1.82, 2.24) is 4.98 Å². The number of benzene rings is 1. The van der Waals surface area contributed by atoms with Gasteiger partial charge in [0.2, 0.25) is 0 Å². The molecule has 1 heterocycles. The van der Waals surface area contributed by atoms with Gasteiger partial charge >= 0.3 is 0 Å². The minimum absolute atomic E-state index is 0.302. The molecule has 16 heavy (non-hydrogen) atoms. The zero-order valence-corrected chi connectivity index (χ0v) is 9.99. The van der Waals surface area contributed by atoms with E-state index in [0.29, 0.717) is 4.47 Å². The highest BCUT2D eigenvalue weighted by Gasteiger charge is 2.10. The fourth-order valence-electron chi connectivity index (χ4n) is 1.51. The molecule has 0 fully saturated rings. The van der Waals surface area contributed by atoms with E-state index < -0.39 is 0 Å². The third-order valence-electron chi connectivity index (χ3n) is 2.29. The van der Waals surface area contributed by atoms with Crippen LogP contribution < -0.4 is 5.73 Å². The lowest BCUT2D eigenvalue weighted by Gasteiger charge is -2.12. The maximum atomic E-state index is 13.2. The van der Waals surface area contributed by atoms with Gasteiger partial charge in [0.25, 0.3) is 0 Å². The molecule has 4 heteroatoms. The molecule has 2 rings (SSSR count). The molecule has 1 aromatic carbocycles. The van der Waals surface area contributed by atoms with Crippen LogP contribution in [0.3, 0.4) is 0 Å². The Bertz CT molecular complexity index is 467. The third kappa shape index (κ3) is 2.46. The molecule has 0 aliphatic carbocycles. The SMILES string of the molecule is NC(c1cccnc1)c1cc(F)cc(Br)c1. The van der Waals surface area contributed by atoms with Gasteiger partial charge in [-0.3, -0.25) is 4.98 Å². The van der Waals surface area contributed by atoms with Crippen molar-refractivity contribution in [2.24, 2.45) is 5.73 Å². The smallest absolute Gasteiger partial charge is 0.124 e. The van der Waals surface area contributed by atoms with Crippen LogP contribution in [0.5, 0.6) is 0 Å². The first-order chi connectivity index (χ1) is 7.66. The number of nitrogens with zero attached hydrogens (tertiary/aromatic N) is 1. The second kappa shape index (κ2) is 4.72. The fourth-order valence-corrected chi connectivity index (χ4v) is 1.99. The van der Waals surface area contributed by atoms with Crippen LogP contribution in [0.25, 0.3) is 0 Å². The van der Waals surface area contributed by atoms with Crippen molar-refractivity contribution in [3.63, 3.8) is 0 Å². The third-order valence-corrected chi connectivity index (χ3v) is 2.75. The Kier molecular flexibility index (Phi) is 3.31. The van der Waals surface area contributed by atoms with Gasteiger partial charge in [-0.25, -0.2) is 4.39 Å². The van der Waals surface area contributed by atoms with Crippen LogP contribution in [0.4, 0.5) is 4.39 Å². The molecule has 0 amide bonds. The highest BCUT2D eigenvalue weighted by molar-refractivity contribution is 9.10. The van der Waals surface area contributed by atoms with Crippen molar-refractivity contribution < 1.29 is 4.39 Å². The minimum Gasteiger partial charge on any atom is -0.320 e. The molecular formula is C12H10BrFN2. The van der Waals surface area contributed by atoms with Crippen molar-refractivity contribution in [2.75, 3.05) is 0 Å². The van der Waals surface area contributed by atoms with Crippen molar-refractivity contribution in [1.29, 1.82) is 0 Å². The Hall–Kier alpha value is -1.26. The van der Waals surface area contributed by atoms with Crippen molar-refractivity contribution in [3.05, 3.63) is 64.1 Å². The Morgan fingerprint density at radius 2 is 2.06 bits per heavy atom. The lowest BCUT2D eigenvalue weighted by atomic mass is 10.0. The van der Waals surface area contributed by atoms with E-state index in [9.17, 15) is 4.39 Å². The van der Waals surface area contributed by atoms with Gasteiger partial charge in [0.15, 0.2) is 0 Å². The van der Waals surface area contributed by atoms with Crippen molar-refractivity contribution >= 4 is 15.9 Å². The molecule has 0 radical (unpaired) electrons. The zero-order chi connectivity index (χ0) is 11.5. The maximum Gasteiger partial charge on any atom is 0.124 e. The molecule has 1 aromatic heterocycles. The van der Waals surface area contributed by atoms with Gasteiger partial charge < -0.3 is 5.73 Å². The standard InChI is InChI=1S/C12H10BrFN2/c13-10-4-9(5-11(14)6-10)12(15)8-2-1-3-16-7-8/h1-7,12H,15H2. The van der Waals surface area contributed by atoms with Crippen molar-refractivity contribution in [3.8, 4) is 0 Å². The first kappa shape index (κ1) is 11.2. The summed E-state index contributed by atoms with van der Waals surface area (Å²) in [7, 11) is 0. The van der Waals surface area contributed by atoms with Crippen LogP contribution in [0, 0.1) is 5.82 Å². The van der Waals surface area contributed by atoms with Crippen molar-refractivity contribution in [2.45, 2.75) is 6.04 Å². The number of hydrogen-bond donors (Lipinski definition) is 1. The molecule has 1 unspecified atom stereocenters. The molecule has 2 N–H and O–H groups in total. The largest absolute Gasteiger partial charge is 0.320 e. The molecule has 0 aliphatic rings. The highest BCUT2D eigenvalue weighted by Crippen LogP contribution is 2.23. The van der Waals surface area contributed by atoms with E-state index in [1.54, 1.807) is 18.5 Å². The number of nitrogens with two attached hydrogens (primary N) is 1. The number of pyridine rings is 1. The second-order valence-electron chi connectivity index (χ2n) is 3.47. The van der Waals surface area contributed by atoms with Crippen LogP contribution in [0.15, 0.2) is 47.2 Å². The summed E-state index contributed by atoms with van der Waals surface area (Å²) >= 11 is 3.24. The lowest BCUT2D eigenvalue weighted by Crippen LogP contribution is -2.12. The van der Waals surface area contributed by atoms with Gasteiger partial charge in [-0.05, 0) is 35.4 Å². The van der Waals surface area contributed by atoms with Gasteiger partial charge in [-0.1, -0.05) is 22.0 Å². The lowest BCUT2D eigenvalue weighted by molar-refractivity contribution is 0.622. The topological polar surface area (TPSA) is 38.9 Å². The van der Waals surface area contributed by atoms with E-state index in [2.05, 4.69) is 20.9 Å². The van der Waals surface area contributed by atoms with Crippen LogP contribution in [0.1, 0.15) is 17.2 Å². The number of hydrogen-bond acceptors (Lipinski definition) is 2. The summed E-state index contributed by atoms with van der Waals surface area (Å²) in [6.45, 7) is 0. The Morgan fingerprint density at radius 3 is 2.69 bits per heavy atom. The summed E-state index contributed by atoms with van der Waals surface area (Å²) < 4.78 is 13.9. The van der Waals surface area contributed by atoms with E-state index in [1.165, 1.54) is 12.1 Å². The van der Waals surface area contributed by atoms with Crippen LogP contribution in [-0.4, -0.2) is 4.98 Å². The molecule has 2 aromatic rings. The van der Waals surface area contributed by atoms with Gasteiger partial charge in [-0.15, -0.1) is 0 Å². The zero-order valence-electron chi connectivity index (χ0n) is 8.40. The molecule has 0 aliphatic heterocycles. The van der Waals surface area contributed by atoms with E-state index >= 15 is 0 Å². The summed E-state index contributed by atoms with van der Waals surface area (Å²) in [4.78, 5) is 3.99. The Morgan fingerprint density at radius 1 is 1.25 bits per heavy atom. The van der Waals surface area contributed by atoms with Gasteiger partial charge in [0.1, 0.15) is 5.82 Å². The Balaban J connectivity index is 2.37. The average molecular weight is 281 g/mol. The molecule has 1 atom stereocenters. The summed E-state index contributed by atoms with van der Waals surface area (Å²) in [5, 5.41) is 0. The summed E-state index contributed by atoms with van der Waals surface area (Å²) in [6, 6.07) is 7.96. The molecule has 0 saturated carbocycles. The summed E-state index contributed by atoms with van der Waals surface area (Å²) in [5.74, 6) is -0.302. The number of aromatic nitrogens is 1. The molecule has 0 saturated heterocycles. The number of rotatable bonds is 2. The average Bonchev–Trinajstić information content (AvgIpc) is 2.28. The van der Waals surface area contributed by atoms with Crippen LogP contribution in [0.2, 0.25) is 0 Å². The van der Waals surface area contributed by atoms with Crippen LogP contribution in [-0.2, 0) is 0 Å². The Labute approximate surface area is 101 Å². The van der Waals surface area contributed by atoms with Crippen LogP contribution >= 0.6 is 15.9 Å². The molecule has 0 spiro atoms. The van der Waals surface area contributed by atoms with Gasteiger partial charge in [0, 0.05) is 16.9 Å². The van der Waals surface area contributed by atoms with E-state index in [1.807, 2.05) is 12.1 Å². The highest BCUT2D eigenvalue weighted by atomic mass is 79.9. The number of halogens is 2. The summed E-state index contributed by atoms with van der Waals surface area (Å²) in [6.07, 6.45) is 3.36. The monoisotopic (exact) mass is 280 g/mol. The summed E-state index contributed by atoms with van der Waals surface area (Å²) in [5.41, 5.74) is 7.61. The quantitative estimate of drug-likeness (QED) is 0.919. The second-order valence-corrected chi connectivity index (χ2v) is 4.38. The normalized spacial score (nSPS) is 12.4. The predicted octanol–water partition coefficient (Wildman–Crippen LogP) is 3.03. The molecule has 2 nitrogen and oxygen atoms in total. The maximum absolute atomic E-state index is 13.2. The first-order valence-corrected chi connectivity index (χ1v) is 5.57. The predicted molar refractivity (Wildman–Crippen MR) is 64.4 cm³/mol. The van der Waals surface area contributed by atoms with E-state index in [4.69, 9.17) is 5.73 Å². The molecular weight excluding hydrogens is 271 g/mol. The molecule has 0 bridgehead atoms. The van der Waals surface area contributed by atoms with E-state index in [0.717, 1.165) is 11.1 Å². The van der Waals surface area contributed by atoms with Gasteiger partial charge in [0.05, 0.1) is 6.04 Å². The van der Waals surface area contributed by atoms with E-state index in [-0.39, 0.29) is 11.9 Å². The first-order valence-electron chi connectivity index (χ1n) is 4.78. The molecule has 82 valence electrons. The van der Waals surface area contributed by atoms with Gasteiger partial charge in [-0.2, -0.15) is 0 Å². The minimum atomic E-state index is -0.360. The fraction of sp³-hybridized carbons (Fsp3) is 0.0833.